The SMILES string of the molecule is O=C(CCCc1cccs1)N1CCN(S(=O)(=O)c2cccnc2)CC1. The van der Waals surface area contributed by atoms with Crippen LogP contribution in [0.4, 0.5) is 0 Å². The fourth-order valence-electron chi connectivity index (χ4n) is 2.85. The third-order valence-corrected chi connectivity index (χ3v) is 7.08. The third kappa shape index (κ3) is 4.45. The summed E-state index contributed by atoms with van der Waals surface area (Å²) in [7, 11) is -3.52. The number of hydrogen-bond donors (Lipinski definition) is 0. The van der Waals surface area contributed by atoms with Gasteiger partial charge in [-0.25, -0.2) is 8.42 Å². The van der Waals surface area contributed by atoms with E-state index in [4.69, 9.17) is 0 Å². The second kappa shape index (κ2) is 8.07. The van der Waals surface area contributed by atoms with Crippen molar-refractivity contribution in [2.75, 3.05) is 26.2 Å². The van der Waals surface area contributed by atoms with Gasteiger partial charge in [-0.1, -0.05) is 6.07 Å². The van der Waals surface area contributed by atoms with Crippen LogP contribution in [-0.2, 0) is 21.2 Å². The van der Waals surface area contributed by atoms with Crippen molar-refractivity contribution in [2.45, 2.75) is 24.2 Å². The number of sulfonamides is 1. The van der Waals surface area contributed by atoms with Crippen LogP contribution in [0.3, 0.4) is 0 Å². The number of amides is 1. The normalized spacial score (nSPS) is 16.1. The molecule has 2 aromatic rings. The lowest BCUT2D eigenvalue weighted by atomic mass is 10.2. The molecule has 2 aromatic heterocycles. The summed E-state index contributed by atoms with van der Waals surface area (Å²) in [5, 5.41) is 2.04. The Morgan fingerprint density at radius 3 is 2.60 bits per heavy atom. The maximum absolute atomic E-state index is 12.6. The zero-order valence-corrected chi connectivity index (χ0v) is 15.5. The standard InChI is InChI=1S/C17H21N3O3S2/c21-17(7-1-4-15-5-3-13-24-15)19-9-11-20(12-10-19)25(22,23)16-6-2-8-18-14-16/h2-3,5-6,8,13-14H,1,4,7,9-12H2. The van der Waals surface area contributed by atoms with Crippen molar-refractivity contribution in [1.82, 2.24) is 14.2 Å². The quantitative estimate of drug-likeness (QED) is 0.770. The van der Waals surface area contributed by atoms with Crippen LogP contribution in [0.5, 0.6) is 0 Å². The van der Waals surface area contributed by atoms with Gasteiger partial charge in [-0.05, 0) is 36.4 Å². The van der Waals surface area contributed by atoms with Crippen molar-refractivity contribution >= 4 is 27.3 Å². The van der Waals surface area contributed by atoms with E-state index in [1.165, 1.54) is 15.4 Å². The monoisotopic (exact) mass is 379 g/mol. The summed E-state index contributed by atoms with van der Waals surface area (Å²) in [5.41, 5.74) is 0. The van der Waals surface area contributed by atoms with Gasteiger partial charge in [0.25, 0.3) is 0 Å². The zero-order chi connectivity index (χ0) is 17.7. The van der Waals surface area contributed by atoms with Gasteiger partial charge in [-0.15, -0.1) is 11.3 Å². The molecule has 0 saturated carbocycles. The van der Waals surface area contributed by atoms with Crippen molar-refractivity contribution < 1.29 is 13.2 Å². The molecule has 3 rings (SSSR count). The molecular formula is C17H21N3O3S2. The largest absolute Gasteiger partial charge is 0.340 e. The summed E-state index contributed by atoms with van der Waals surface area (Å²) in [6, 6.07) is 7.26. The highest BCUT2D eigenvalue weighted by atomic mass is 32.2. The molecule has 1 fully saturated rings. The molecule has 0 N–H and O–H groups in total. The number of aryl methyl sites for hydroxylation is 1. The lowest BCUT2D eigenvalue weighted by molar-refractivity contribution is -0.132. The molecule has 0 aliphatic carbocycles. The number of rotatable bonds is 6. The maximum atomic E-state index is 12.6. The van der Waals surface area contributed by atoms with Crippen LogP contribution in [0.15, 0.2) is 46.9 Å². The van der Waals surface area contributed by atoms with Crippen molar-refractivity contribution in [1.29, 1.82) is 0 Å². The molecule has 8 heteroatoms. The van der Waals surface area contributed by atoms with Crippen LogP contribution >= 0.6 is 11.3 Å². The van der Waals surface area contributed by atoms with Gasteiger partial charge in [-0.3, -0.25) is 9.78 Å². The Kier molecular flexibility index (Phi) is 5.82. The summed E-state index contributed by atoms with van der Waals surface area (Å²) in [6.07, 6.45) is 5.16. The summed E-state index contributed by atoms with van der Waals surface area (Å²) >= 11 is 1.71. The van der Waals surface area contributed by atoms with E-state index in [0.717, 1.165) is 12.8 Å². The van der Waals surface area contributed by atoms with Crippen LogP contribution in [0.2, 0.25) is 0 Å². The van der Waals surface area contributed by atoms with Crippen molar-refractivity contribution in [3.8, 4) is 0 Å². The number of carbonyl (C=O) groups excluding carboxylic acids is 1. The molecule has 0 bridgehead atoms. The number of pyridine rings is 1. The predicted octanol–water partition coefficient (Wildman–Crippen LogP) is 2.00. The van der Waals surface area contributed by atoms with Gasteiger partial charge in [0.15, 0.2) is 0 Å². The van der Waals surface area contributed by atoms with Gasteiger partial charge in [0.1, 0.15) is 4.90 Å². The summed E-state index contributed by atoms with van der Waals surface area (Å²) in [5.74, 6) is 0.106. The lowest BCUT2D eigenvalue weighted by Gasteiger charge is -2.34. The van der Waals surface area contributed by atoms with Crippen molar-refractivity contribution in [2.24, 2.45) is 0 Å². The second-order valence-electron chi connectivity index (χ2n) is 5.91. The fourth-order valence-corrected chi connectivity index (χ4v) is 4.99. The smallest absolute Gasteiger partial charge is 0.244 e. The van der Waals surface area contributed by atoms with Gasteiger partial charge in [-0.2, -0.15) is 4.31 Å². The van der Waals surface area contributed by atoms with E-state index in [2.05, 4.69) is 11.1 Å². The van der Waals surface area contributed by atoms with Crippen LogP contribution in [0.25, 0.3) is 0 Å². The minimum Gasteiger partial charge on any atom is -0.340 e. The van der Waals surface area contributed by atoms with E-state index >= 15 is 0 Å². The molecule has 3 heterocycles. The first-order valence-corrected chi connectivity index (χ1v) is 10.6. The average molecular weight is 380 g/mol. The van der Waals surface area contributed by atoms with Crippen LogP contribution in [0.1, 0.15) is 17.7 Å². The summed E-state index contributed by atoms with van der Waals surface area (Å²) in [6.45, 7) is 1.54. The van der Waals surface area contributed by atoms with E-state index < -0.39 is 10.0 Å². The van der Waals surface area contributed by atoms with Crippen molar-refractivity contribution in [3.05, 3.63) is 46.9 Å². The van der Waals surface area contributed by atoms with Crippen LogP contribution < -0.4 is 0 Å². The van der Waals surface area contributed by atoms with E-state index in [0.29, 0.717) is 32.6 Å². The van der Waals surface area contributed by atoms with Crippen molar-refractivity contribution in [3.63, 3.8) is 0 Å². The Bertz CT molecular complexity index is 784. The molecule has 0 atom stereocenters. The van der Waals surface area contributed by atoms with Crippen LogP contribution in [0, 0.1) is 0 Å². The predicted molar refractivity (Wildman–Crippen MR) is 96.8 cm³/mol. The Balaban J connectivity index is 1.49. The Labute approximate surface area is 152 Å². The highest BCUT2D eigenvalue weighted by Crippen LogP contribution is 2.17. The molecule has 134 valence electrons. The number of nitrogens with zero attached hydrogens (tertiary/aromatic N) is 3. The molecule has 1 aliphatic heterocycles. The van der Waals surface area contributed by atoms with E-state index in [9.17, 15) is 13.2 Å². The molecule has 0 spiro atoms. The highest BCUT2D eigenvalue weighted by molar-refractivity contribution is 7.89. The maximum Gasteiger partial charge on any atom is 0.244 e. The van der Waals surface area contributed by atoms with E-state index in [-0.39, 0.29) is 10.8 Å². The number of carbonyl (C=O) groups is 1. The average Bonchev–Trinajstić information content (AvgIpc) is 3.16. The second-order valence-corrected chi connectivity index (χ2v) is 8.88. The zero-order valence-electron chi connectivity index (χ0n) is 13.9. The molecule has 6 nitrogen and oxygen atoms in total. The molecule has 0 unspecified atom stereocenters. The minimum atomic E-state index is -3.52. The molecule has 1 aliphatic rings. The lowest BCUT2D eigenvalue weighted by Crippen LogP contribution is -2.50. The van der Waals surface area contributed by atoms with Gasteiger partial charge >= 0.3 is 0 Å². The Hall–Kier alpha value is -1.77. The third-order valence-electron chi connectivity index (χ3n) is 4.26. The first-order valence-electron chi connectivity index (χ1n) is 8.28. The highest BCUT2D eigenvalue weighted by Gasteiger charge is 2.29. The molecule has 1 amide bonds. The molecule has 1 saturated heterocycles. The molecule has 0 radical (unpaired) electrons. The minimum absolute atomic E-state index is 0.106. The number of aromatic nitrogens is 1. The fraction of sp³-hybridized carbons (Fsp3) is 0.412. The Morgan fingerprint density at radius 2 is 1.96 bits per heavy atom. The van der Waals surface area contributed by atoms with Gasteiger partial charge < -0.3 is 4.90 Å². The van der Waals surface area contributed by atoms with Gasteiger partial charge in [0, 0.05) is 49.9 Å². The number of hydrogen-bond acceptors (Lipinski definition) is 5. The molecular weight excluding hydrogens is 358 g/mol. The first-order chi connectivity index (χ1) is 12.1. The molecule has 0 aromatic carbocycles. The summed E-state index contributed by atoms with van der Waals surface area (Å²) in [4.78, 5) is 19.4. The van der Waals surface area contributed by atoms with E-state index in [1.54, 1.807) is 34.6 Å². The van der Waals surface area contributed by atoms with Gasteiger partial charge in [0.2, 0.25) is 15.9 Å². The van der Waals surface area contributed by atoms with Crippen LogP contribution in [-0.4, -0.2) is 54.7 Å². The van der Waals surface area contributed by atoms with E-state index in [1.807, 2.05) is 11.4 Å². The first kappa shape index (κ1) is 18.0. The number of piperazine rings is 1. The topological polar surface area (TPSA) is 70.6 Å². The number of thiophene rings is 1. The molecule has 25 heavy (non-hydrogen) atoms. The Morgan fingerprint density at radius 1 is 1.16 bits per heavy atom. The van der Waals surface area contributed by atoms with Gasteiger partial charge in [0.05, 0.1) is 0 Å². The summed E-state index contributed by atoms with van der Waals surface area (Å²) < 4.78 is 26.5.